The number of nitrogens with one attached hydrogen (secondary N) is 1. The zero-order chi connectivity index (χ0) is 15.6. The van der Waals surface area contributed by atoms with E-state index in [1.54, 1.807) is 24.4 Å². The Labute approximate surface area is 131 Å². The third kappa shape index (κ3) is 2.99. The molecule has 1 aromatic heterocycles. The predicted molar refractivity (Wildman–Crippen MR) is 86.9 cm³/mol. The van der Waals surface area contributed by atoms with Gasteiger partial charge in [0, 0.05) is 24.2 Å². The highest BCUT2D eigenvalue weighted by atomic mass is 32.2. The zero-order valence-electron chi connectivity index (χ0n) is 12.4. The van der Waals surface area contributed by atoms with Crippen LogP contribution in [0.2, 0.25) is 0 Å². The van der Waals surface area contributed by atoms with E-state index in [9.17, 15) is 8.42 Å². The number of benzene rings is 1. The summed E-state index contributed by atoms with van der Waals surface area (Å²) in [6, 6.07) is 8.66. The van der Waals surface area contributed by atoms with Gasteiger partial charge in [-0.1, -0.05) is 31.0 Å². The molecule has 0 radical (unpaired) electrons. The standard InChI is InChI=1S/C16H21N3O2S/c17-11-14(12-5-1-2-6-12)19-22(20,21)15-9-3-7-13-8-4-10-18-16(13)15/h3-4,7-10,12,14,19H,1-2,5-6,11,17H2. The van der Waals surface area contributed by atoms with E-state index in [0.717, 1.165) is 31.1 Å². The molecule has 1 saturated carbocycles. The highest BCUT2D eigenvalue weighted by Gasteiger charge is 2.29. The molecule has 0 spiro atoms. The largest absolute Gasteiger partial charge is 0.329 e. The minimum absolute atomic E-state index is 0.202. The second kappa shape index (κ2) is 6.32. The first-order valence-electron chi connectivity index (χ1n) is 7.68. The molecule has 0 saturated heterocycles. The van der Waals surface area contributed by atoms with Crippen molar-refractivity contribution in [2.45, 2.75) is 36.6 Å². The highest BCUT2D eigenvalue weighted by Crippen LogP contribution is 2.29. The van der Waals surface area contributed by atoms with Gasteiger partial charge in [0.2, 0.25) is 10.0 Å². The first-order valence-corrected chi connectivity index (χ1v) is 9.16. The van der Waals surface area contributed by atoms with Gasteiger partial charge in [-0.25, -0.2) is 13.1 Å². The molecule has 1 atom stereocenters. The van der Waals surface area contributed by atoms with E-state index in [4.69, 9.17) is 5.73 Å². The monoisotopic (exact) mass is 319 g/mol. The minimum atomic E-state index is -3.63. The molecule has 2 aromatic rings. The van der Waals surface area contributed by atoms with Crippen molar-refractivity contribution < 1.29 is 8.42 Å². The Morgan fingerprint density at radius 3 is 2.68 bits per heavy atom. The third-order valence-corrected chi connectivity index (χ3v) is 5.94. The van der Waals surface area contributed by atoms with Crippen LogP contribution in [-0.2, 0) is 10.0 Å². The maximum absolute atomic E-state index is 12.8. The first-order chi connectivity index (χ1) is 10.6. The summed E-state index contributed by atoms with van der Waals surface area (Å²) in [4.78, 5) is 4.45. The second-order valence-electron chi connectivity index (χ2n) is 5.84. The summed E-state index contributed by atoms with van der Waals surface area (Å²) in [5, 5.41) is 0.815. The van der Waals surface area contributed by atoms with Crippen molar-refractivity contribution >= 4 is 20.9 Å². The maximum atomic E-state index is 12.8. The van der Waals surface area contributed by atoms with Crippen LogP contribution < -0.4 is 10.5 Å². The van der Waals surface area contributed by atoms with E-state index < -0.39 is 10.0 Å². The normalized spacial score (nSPS) is 17.9. The topological polar surface area (TPSA) is 85.1 Å². The first kappa shape index (κ1) is 15.4. The van der Waals surface area contributed by atoms with Gasteiger partial charge in [0.1, 0.15) is 4.90 Å². The molecule has 6 heteroatoms. The van der Waals surface area contributed by atoms with E-state index in [1.807, 2.05) is 12.1 Å². The third-order valence-electron chi connectivity index (χ3n) is 4.41. The van der Waals surface area contributed by atoms with Crippen LogP contribution in [0.1, 0.15) is 25.7 Å². The van der Waals surface area contributed by atoms with E-state index in [2.05, 4.69) is 9.71 Å². The number of pyridine rings is 1. The molecular formula is C16H21N3O2S. The molecular weight excluding hydrogens is 298 g/mol. The smallest absolute Gasteiger partial charge is 0.243 e. The SMILES string of the molecule is NCC(NS(=O)(=O)c1cccc2cccnc12)C1CCCC1. The molecule has 5 nitrogen and oxygen atoms in total. The van der Waals surface area contributed by atoms with Crippen LogP contribution in [0.25, 0.3) is 10.9 Å². The molecule has 118 valence electrons. The van der Waals surface area contributed by atoms with Gasteiger partial charge in [0.15, 0.2) is 0 Å². The van der Waals surface area contributed by atoms with Gasteiger partial charge < -0.3 is 5.73 Å². The summed E-state index contributed by atoms with van der Waals surface area (Å²) in [5.74, 6) is 0.336. The fourth-order valence-corrected chi connectivity index (χ4v) is 4.75. The lowest BCUT2D eigenvalue weighted by atomic mass is 9.99. The Balaban J connectivity index is 1.94. The number of hydrogen-bond donors (Lipinski definition) is 2. The molecule has 22 heavy (non-hydrogen) atoms. The van der Waals surface area contributed by atoms with Gasteiger partial charge in [-0.2, -0.15) is 0 Å². The number of para-hydroxylation sites is 1. The number of aromatic nitrogens is 1. The Morgan fingerprint density at radius 1 is 1.23 bits per heavy atom. The van der Waals surface area contributed by atoms with Crippen LogP contribution in [-0.4, -0.2) is 26.0 Å². The van der Waals surface area contributed by atoms with Crippen molar-refractivity contribution in [1.82, 2.24) is 9.71 Å². The average Bonchev–Trinajstić information content (AvgIpc) is 3.06. The molecule has 1 aliphatic carbocycles. The van der Waals surface area contributed by atoms with E-state index >= 15 is 0 Å². The Kier molecular flexibility index (Phi) is 4.42. The second-order valence-corrected chi connectivity index (χ2v) is 7.52. The number of nitrogens with zero attached hydrogens (tertiary/aromatic N) is 1. The van der Waals surface area contributed by atoms with Gasteiger partial charge in [-0.05, 0) is 30.9 Å². The molecule has 3 rings (SSSR count). The van der Waals surface area contributed by atoms with Crippen LogP contribution >= 0.6 is 0 Å². The van der Waals surface area contributed by atoms with Crippen molar-refractivity contribution in [3.05, 3.63) is 36.5 Å². The number of hydrogen-bond acceptors (Lipinski definition) is 4. The van der Waals surface area contributed by atoms with Crippen molar-refractivity contribution in [2.24, 2.45) is 11.7 Å². The average molecular weight is 319 g/mol. The van der Waals surface area contributed by atoms with E-state index in [1.165, 1.54) is 0 Å². The van der Waals surface area contributed by atoms with Gasteiger partial charge in [0.05, 0.1) is 5.52 Å². The van der Waals surface area contributed by atoms with Crippen LogP contribution in [0.3, 0.4) is 0 Å². The van der Waals surface area contributed by atoms with Crippen molar-refractivity contribution in [3.63, 3.8) is 0 Å². The number of rotatable bonds is 5. The summed E-state index contributed by atoms with van der Waals surface area (Å²) < 4.78 is 28.3. The molecule has 0 amide bonds. The van der Waals surface area contributed by atoms with Crippen LogP contribution in [0.15, 0.2) is 41.4 Å². The van der Waals surface area contributed by atoms with E-state index in [0.29, 0.717) is 18.0 Å². The van der Waals surface area contributed by atoms with Crippen molar-refractivity contribution in [3.8, 4) is 0 Å². The quantitative estimate of drug-likeness (QED) is 0.883. The van der Waals surface area contributed by atoms with Crippen molar-refractivity contribution in [1.29, 1.82) is 0 Å². The van der Waals surface area contributed by atoms with Gasteiger partial charge in [-0.3, -0.25) is 4.98 Å². The summed E-state index contributed by atoms with van der Waals surface area (Å²) in [6.45, 7) is 0.322. The Hall–Kier alpha value is -1.50. The minimum Gasteiger partial charge on any atom is -0.329 e. The zero-order valence-corrected chi connectivity index (χ0v) is 13.2. The lowest BCUT2D eigenvalue weighted by Crippen LogP contribution is -2.44. The molecule has 0 bridgehead atoms. The Morgan fingerprint density at radius 2 is 1.95 bits per heavy atom. The number of nitrogens with two attached hydrogens (primary N) is 1. The molecule has 1 fully saturated rings. The molecule has 3 N–H and O–H groups in total. The van der Waals surface area contributed by atoms with Crippen molar-refractivity contribution in [2.75, 3.05) is 6.54 Å². The fraction of sp³-hybridized carbons (Fsp3) is 0.438. The summed E-state index contributed by atoms with van der Waals surface area (Å²) in [6.07, 6.45) is 5.99. The lowest BCUT2D eigenvalue weighted by Gasteiger charge is -2.23. The summed E-state index contributed by atoms with van der Waals surface area (Å²) in [7, 11) is -3.63. The van der Waals surface area contributed by atoms with Gasteiger partial charge in [0.25, 0.3) is 0 Å². The lowest BCUT2D eigenvalue weighted by molar-refractivity contribution is 0.406. The number of fused-ring (bicyclic) bond motifs is 1. The number of sulfonamides is 1. The molecule has 1 unspecified atom stereocenters. The molecule has 1 aromatic carbocycles. The van der Waals surface area contributed by atoms with Crippen LogP contribution in [0.5, 0.6) is 0 Å². The van der Waals surface area contributed by atoms with E-state index in [-0.39, 0.29) is 10.9 Å². The van der Waals surface area contributed by atoms with Crippen LogP contribution in [0.4, 0.5) is 0 Å². The molecule has 1 heterocycles. The van der Waals surface area contributed by atoms with Gasteiger partial charge >= 0.3 is 0 Å². The molecule has 0 aliphatic heterocycles. The predicted octanol–water partition coefficient (Wildman–Crippen LogP) is 2.03. The van der Waals surface area contributed by atoms with Gasteiger partial charge in [-0.15, -0.1) is 0 Å². The summed E-state index contributed by atoms with van der Waals surface area (Å²) in [5.41, 5.74) is 6.31. The fourth-order valence-electron chi connectivity index (χ4n) is 3.25. The summed E-state index contributed by atoms with van der Waals surface area (Å²) >= 11 is 0. The Bertz CT molecular complexity index is 750. The van der Waals surface area contributed by atoms with Crippen LogP contribution in [0, 0.1) is 5.92 Å². The highest BCUT2D eigenvalue weighted by molar-refractivity contribution is 7.89. The maximum Gasteiger partial charge on any atom is 0.243 e. The molecule has 1 aliphatic rings.